The van der Waals surface area contributed by atoms with Crippen molar-refractivity contribution in [2.24, 2.45) is 0 Å². The molecule has 0 saturated carbocycles. The maximum atomic E-state index is 11.1. The fourth-order valence-electron chi connectivity index (χ4n) is 1.38. The van der Waals surface area contributed by atoms with E-state index in [4.69, 9.17) is 10.5 Å². The second-order valence-electron chi connectivity index (χ2n) is 3.57. The maximum Gasteiger partial charge on any atom is 0.305 e. The Bertz CT molecular complexity index is 383. The number of rotatable bonds is 6. The van der Waals surface area contributed by atoms with Gasteiger partial charge in [0.05, 0.1) is 18.0 Å². The molecule has 0 bridgehead atoms. The highest BCUT2D eigenvalue weighted by molar-refractivity contribution is 9.10. The third-order valence-corrected chi connectivity index (χ3v) is 2.69. The first-order chi connectivity index (χ1) is 8.13. The zero-order valence-corrected chi connectivity index (χ0v) is 11.4. The largest absolute Gasteiger partial charge is 0.466 e. The summed E-state index contributed by atoms with van der Waals surface area (Å²) in [4.78, 5) is 11.1. The zero-order chi connectivity index (χ0) is 12.7. The molecular weight excluding hydrogens is 284 g/mol. The lowest BCUT2D eigenvalue weighted by molar-refractivity contribution is -0.143. The Morgan fingerprint density at radius 1 is 1.53 bits per heavy atom. The van der Waals surface area contributed by atoms with Crippen LogP contribution < -0.4 is 11.1 Å². The molecule has 17 heavy (non-hydrogen) atoms. The number of nitrogen functional groups attached to an aromatic ring is 1. The number of ether oxygens (including phenoxy) is 1. The average Bonchev–Trinajstić information content (AvgIpc) is 2.27. The summed E-state index contributed by atoms with van der Waals surface area (Å²) >= 11 is 3.35. The third-order valence-electron chi connectivity index (χ3n) is 2.19. The van der Waals surface area contributed by atoms with Crippen molar-refractivity contribution in [3.63, 3.8) is 0 Å². The van der Waals surface area contributed by atoms with E-state index < -0.39 is 0 Å². The molecule has 1 aromatic rings. The van der Waals surface area contributed by atoms with Crippen molar-refractivity contribution < 1.29 is 9.53 Å². The van der Waals surface area contributed by atoms with Crippen molar-refractivity contribution in [2.45, 2.75) is 19.8 Å². The average molecular weight is 301 g/mol. The van der Waals surface area contributed by atoms with E-state index in [9.17, 15) is 4.79 Å². The number of benzene rings is 1. The van der Waals surface area contributed by atoms with Crippen LogP contribution in [0.1, 0.15) is 19.8 Å². The van der Waals surface area contributed by atoms with Crippen LogP contribution >= 0.6 is 15.9 Å². The number of carbonyl (C=O) groups is 1. The molecule has 0 unspecified atom stereocenters. The Morgan fingerprint density at radius 2 is 2.29 bits per heavy atom. The fraction of sp³-hybridized carbons (Fsp3) is 0.417. The molecule has 94 valence electrons. The van der Waals surface area contributed by atoms with E-state index >= 15 is 0 Å². The van der Waals surface area contributed by atoms with Gasteiger partial charge in [0.15, 0.2) is 0 Å². The summed E-state index contributed by atoms with van der Waals surface area (Å²) in [5.74, 6) is -0.155. The summed E-state index contributed by atoms with van der Waals surface area (Å²) in [7, 11) is 0. The van der Waals surface area contributed by atoms with Crippen LogP contribution in [-0.2, 0) is 9.53 Å². The number of nitrogens with one attached hydrogen (secondary N) is 1. The van der Waals surface area contributed by atoms with Crippen molar-refractivity contribution in [3.8, 4) is 0 Å². The molecule has 0 saturated heterocycles. The standard InChI is InChI=1S/C12H17BrN2O2/c1-2-17-12(16)4-3-7-15-11-6-5-9(13)8-10(11)14/h5-6,8,15H,2-4,7,14H2,1H3. The molecule has 0 spiro atoms. The molecule has 1 aromatic carbocycles. The Kier molecular flexibility index (Phi) is 5.83. The highest BCUT2D eigenvalue weighted by Crippen LogP contribution is 2.22. The number of hydrogen-bond donors (Lipinski definition) is 2. The van der Waals surface area contributed by atoms with Crippen LogP contribution in [0.4, 0.5) is 11.4 Å². The highest BCUT2D eigenvalue weighted by Gasteiger charge is 2.02. The Labute approximate surface area is 110 Å². The molecule has 0 aliphatic heterocycles. The Morgan fingerprint density at radius 3 is 2.94 bits per heavy atom. The van der Waals surface area contributed by atoms with Crippen LogP contribution in [0.15, 0.2) is 22.7 Å². The van der Waals surface area contributed by atoms with E-state index in [2.05, 4.69) is 21.2 Å². The lowest BCUT2D eigenvalue weighted by atomic mass is 10.2. The maximum absolute atomic E-state index is 11.1. The first-order valence-electron chi connectivity index (χ1n) is 5.58. The number of hydrogen-bond acceptors (Lipinski definition) is 4. The van der Waals surface area contributed by atoms with Gasteiger partial charge in [0.25, 0.3) is 0 Å². The summed E-state index contributed by atoms with van der Waals surface area (Å²) in [6, 6.07) is 5.67. The predicted molar refractivity (Wildman–Crippen MR) is 72.9 cm³/mol. The summed E-state index contributed by atoms with van der Waals surface area (Å²) in [6.07, 6.45) is 1.16. The number of anilines is 2. The molecule has 0 heterocycles. The van der Waals surface area contributed by atoms with Crippen molar-refractivity contribution in [2.75, 3.05) is 24.2 Å². The molecular formula is C12H17BrN2O2. The van der Waals surface area contributed by atoms with Gasteiger partial charge in [-0.1, -0.05) is 15.9 Å². The van der Waals surface area contributed by atoms with Crippen LogP contribution in [0.25, 0.3) is 0 Å². The van der Waals surface area contributed by atoms with Gasteiger partial charge < -0.3 is 15.8 Å². The van der Waals surface area contributed by atoms with E-state index in [0.29, 0.717) is 25.3 Å². The predicted octanol–water partition coefficient (Wildman–Crippen LogP) is 2.79. The van der Waals surface area contributed by atoms with Crippen LogP contribution in [0.2, 0.25) is 0 Å². The van der Waals surface area contributed by atoms with E-state index in [0.717, 1.165) is 16.6 Å². The SMILES string of the molecule is CCOC(=O)CCCNc1ccc(Br)cc1N. The topological polar surface area (TPSA) is 64.3 Å². The summed E-state index contributed by atoms with van der Waals surface area (Å²) in [5.41, 5.74) is 7.40. The van der Waals surface area contributed by atoms with Crippen molar-refractivity contribution in [1.82, 2.24) is 0 Å². The van der Waals surface area contributed by atoms with E-state index in [1.165, 1.54) is 0 Å². The number of nitrogens with two attached hydrogens (primary N) is 1. The van der Waals surface area contributed by atoms with Gasteiger partial charge in [-0.05, 0) is 31.5 Å². The van der Waals surface area contributed by atoms with Gasteiger partial charge in [0.2, 0.25) is 0 Å². The lowest BCUT2D eigenvalue weighted by Gasteiger charge is -2.09. The molecule has 0 aliphatic rings. The lowest BCUT2D eigenvalue weighted by Crippen LogP contribution is -2.09. The molecule has 5 heteroatoms. The molecule has 0 amide bonds. The quantitative estimate of drug-likeness (QED) is 0.482. The molecule has 4 nitrogen and oxygen atoms in total. The Hall–Kier alpha value is -1.23. The molecule has 3 N–H and O–H groups in total. The third kappa shape index (κ3) is 5.08. The van der Waals surface area contributed by atoms with Crippen molar-refractivity contribution in [3.05, 3.63) is 22.7 Å². The van der Waals surface area contributed by atoms with Gasteiger partial charge in [-0.15, -0.1) is 0 Å². The summed E-state index contributed by atoms with van der Waals surface area (Å²) < 4.78 is 5.79. The van der Waals surface area contributed by atoms with Crippen LogP contribution in [0.5, 0.6) is 0 Å². The van der Waals surface area contributed by atoms with E-state index in [1.54, 1.807) is 6.92 Å². The van der Waals surface area contributed by atoms with E-state index in [1.807, 2.05) is 18.2 Å². The minimum absolute atomic E-state index is 0.155. The summed E-state index contributed by atoms with van der Waals surface area (Å²) in [5, 5.41) is 3.18. The number of halogens is 1. The first-order valence-corrected chi connectivity index (χ1v) is 6.37. The van der Waals surface area contributed by atoms with Crippen LogP contribution in [-0.4, -0.2) is 19.1 Å². The minimum Gasteiger partial charge on any atom is -0.466 e. The van der Waals surface area contributed by atoms with Gasteiger partial charge in [-0.2, -0.15) is 0 Å². The van der Waals surface area contributed by atoms with Crippen LogP contribution in [0, 0.1) is 0 Å². The molecule has 0 aromatic heterocycles. The highest BCUT2D eigenvalue weighted by atomic mass is 79.9. The smallest absolute Gasteiger partial charge is 0.305 e. The molecule has 0 radical (unpaired) electrons. The second kappa shape index (κ2) is 7.17. The van der Waals surface area contributed by atoms with E-state index in [-0.39, 0.29) is 5.97 Å². The van der Waals surface area contributed by atoms with Gasteiger partial charge in [-0.3, -0.25) is 4.79 Å². The van der Waals surface area contributed by atoms with Crippen LogP contribution in [0.3, 0.4) is 0 Å². The monoisotopic (exact) mass is 300 g/mol. The number of esters is 1. The molecule has 1 rings (SSSR count). The van der Waals surface area contributed by atoms with Gasteiger partial charge in [0, 0.05) is 17.4 Å². The molecule has 0 atom stereocenters. The molecule has 0 fully saturated rings. The van der Waals surface area contributed by atoms with Gasteiger partial charge >= 0.3 is 5.97 Å². The molecule has 0 aliphatic carbocycles. The Balaban J connectivity index is 2.29. The van der Waals surface area contributed by atoms with Gasteiger partial charge in [-0.25, -0.2) is 0 Å². The van der Waals surface area contributed by atoms with Gasteiger partial charge in [0.1, 0.15) is 0 Å². The zero-order valence-electron chi connectivity index (χ0n) is 9.83. The normalized spacial score (nSPS) is 10.0. The minimum atomic E-state index is -0.155. The fourth-order valence-corrected chi connectivity index (χ4v) is 1.76. The summed E-state index contributed by atoms with van der Waals surface area (Å²) in [6.45, 7) is 2.94. The number of carbonyl (C=O) groups excluding carboxylic acids is 1. The second-order valence-corrected chi connectivity index (χ2v) is 4.48. The first kappa shape index (κ1) is 13.8. The van der Waals surface area contributed by atoms with Crippen molar-refractivity contribution >= 4 is 33.3 Å². The van der Waals surface area contributed by atoms with Crippen molar-refractivity contribution in [1.29, 1.82) is 0 Å².